The van der Waals surface area contributed by atoms with Crippen molar-refractivity contribution >= 4 is 22.6 Å². The maximum Gasteiger partial charge on any atom is 0.337 e. The van der Waals surface area contributed by atoms with E-state index in [0.717, 1.165) is 0 Å². The van der Waals surface area contributed by atoms with Crippen molar-refractivity contribution in [1.29, 1.82) is 0 Å². The number of ether oxygens (including phenoxy) is 1. The van der Waals surface area contributed by atoms with Crippen molar-refractivity contribution in [3.8, 4) is 0 Å². The average molecular weight is 220 g/mol. The molecule has 0 radical (unpaired) electrons. The molecule has 1 aromatic heterocycles. The van der Waals surface area contributed by atoms with E-state index < -0.39 is 10.9 Å². The van der Waals surface area contributed by atoms with Gasteiger partial charge in [0, 0.05) is 0 Å². The van der Waals surface area contributed by atoms with Crippen molar-refractivity contribution in [3.63, 3.8) is 0 Å². The first-order valence-electron chi connectivity index (χ1n) is 4.47. The molecule has 0 aliphatic heterocycles. The predicted molar refractivity (Wildman–Crippen MR) is 56.3 cm³/mol. The highest BCUT2D eigenvalue weighted by atomic mass is 16.6. The smallest absolute Gasteiger partial charge is 0.337 e. The van der Waals surface area contributed by atoms with Crippen molar-refractivity contribution in [2.24, 2.45) is 0 Å². The number of aromatic nitrogens is 1. The van der Waals surface area contributed by atoms with Crippen LogP contribution in [0.3, 0.4) is 0 Å². The predicted octanol–water partition coefficient (Wildman–Crippen LogP) is 1.86. The van der Waals surface area contributed by atoms with Crippen LogP contribution in [0.1, 0.15) is 10.4 Å². The summed E-state index contributed by atoms with van der Waals surface area (Å²) in [6.07, 6.45) is 1.30. The van der Waals surface area contributed by atoms with Crippen LogP contribution < -0.4 is 0 Å². The van der Waals surface area contributed by atoms with E-state index >= 15 is 0 Å². The van der Waals surface area contributed by atoms with Gasteiger partial charge in [0.1, 0.15) is 0 Å². The number of hydrogen-bond donors (Lipinski definition) is 1. The van der Waals surface area contributed by atoms with Gasteiger partial charge >= 0.3 is 5.97 Å². The van der Waals surface area contributed by atoms with Gasteiger partial charge in [-0.2, -0.15) is 0 Å². The molecule has 0 aliphatic carbocycles. The fourth-order valence-electron chi connectivity index (χ4n) is 1.50. The third-order valence-corrected chi connectivity index (χ3v) is 2.28. The number of aromatic amines is 1. The molecule has 16 heavy (non-hydrogen) atoms. The Labute approximate surface area is 90.0 Å². The lowest BCUT2D eigenvalue weighted by Crippen LogP contribution is -2.00. The van der Waals surface area contributed by atoms with Gasteiger partial charge in [0.25, 0.3) is 5.69 Å². The van der Waals surface area contributed by atoms with Gasteiger partial charge in [-0.1, -0.05) is 0 Å². The molecule has 0 saturated heterocycles. The zero-order valence-corrected chi connectivity index (χ0v) is 8.39. The number of esters is 1. The third-order valence-electron chi connectivity index (χ3n) is 2.28. The standard InChI is InChI=1S/C10H8N2O4/c1-16-10(13)6-2-3-8-7(4-6)9(5-11-8)12(14)15/h2-5,11H,1H3. The van der Waals surface area contributed by atoms with Gasteiger partial charge in [-0.15, -0.1) is 0 Å². The van der Waals surface area contributed by atoms with Crippen LogP contribution in [0.15, 0.2) is 24.4 Å². The molecule has 0 fully saturated rings. The summed E-state index contributed by atoms with van der Waals surface area (Å²) in [6.45, 7) is 0. The Morgan fingerprint density at radius 2 is 2.25 bits per heavy atom. The van der Waals surface area contributed by atoms with Crippen LogP contribution in [0.2, 0.25) is 0 Å². The second-order valence-corrected chi connectivity index (χ2v) is 3.18. The van der Waals surface area contributed by atoms with Crippen LogP contribution in [0.25, 0.3) is 10.9 Å². The minimum atomic E-state index is -0.516. The number of rotatable bonds is 2. The lowest BCUT2D eigenvalue weighted by Gasteiger charge is -1.98. The molecule has 2 aromatic rings. The Hall–Kier alpha value is -2.37. The van der Waals surface area contributed by atoms with Crippen LogP contribution in [-0.2, 0) is 4.74 Å². The Bertz CT molecular complexity index is 573. The molecular formula is C10H8N2O4. The summed E-state index contributed by atoms with van der Waals surface area (Å²) in [4.78, 5) is 24.2. The van der Waals surface area contributed by atoms with E-state index in [9.17, 15) is 14.9 Å². The van der Waals surface area contributed by atoms with E-state index in [2.05, 4.69) is 9.72 Å². The number of H-pyrrole nitrogens is 1. The van der Waals surface area contributed by atoms with Crippen LogP contribution in [0, 0.1) is 10.1 Å². The van der Waals surface area contributed by atoms with E-state index in [1.807, 2.05) is 0 Å². The second kappa shape index (κ2) is 3.65. The Morgan fingerprint density at radius 1 is 1.50 bits per heavy atom. The number of hydrogen-bond acceptors (Lipinski definition) is 4. The maximum absolute atomic E-state index is 11.3. The van der Waals surface area contributed by atoms with Crippen molar-refractivity contribution in [3.05, 3.63) is 40.1 Å². The number of carbonyl (C=O) groups is 1. The number of nitrogens with one attached hydrogen (secondary N) is 1. The third kappa shape index (κ3) is 1.50. The summed E-state index contributed by atoms with van der Waals surface area (Å²) >= 11 is 0. The number of nitrogens with zero attached hydrogens (tertiary/aromatic N) is 1. The summed E-state index contributed by atoms with van der Waals surface area (Å²) in [5.41, 5.74) is 0.845. The van der Waals surface area contributed by atoms with Crippen molar-refractivity contribution in [2.45, 2.75) is 0 Å². The molecule has 0 bridgehead atoms. The molecule has 6 nitrogen and oxygen atoms in total. The SMILES string of the molecule is COC(=O)c1ccc2[nH]cc([N+](=O)[O-])c2c1. The van der Waals surface area contributed by atoms with Gasteiger partial charge in [-0.25, -0.2) is 4.79 Å². The van der Waals surface area contributed by atoms with E-state index in [0.29, 0.717) is 10.9 Å². The summed E-state index contributed by atoms with van der Waals surface area (Å²) in [7, 11) is 1.26. The number of methoxy groups -OCH3 is 1. The zero-order chi connectivity index (χ0) is 11.7. The van der Waals surface area contributed by atoms with Crippen LogP contribution in [0.5, 0.6) is 0 Å². The summed E-state index contributed by atoms with van der Waals surface area (Å²) in [5.74, 6) is -0.516. The zero-order valence-electron chi connectivity index (χ0n) is 8.39. The van der Waals surface area contributed by atoms with Gasteiger partial charge in [0.2, 0.25) is 0 Å². The van der Waals surface area contributed by atoms with Gasteiger partial charge in [-0.3, -0.25) is 10.1 Å². The minimum Gasteiger partial charge on any atom is -0.465 e. The molecule has 82 valence electrons. The number of carbonyl (C=O) groups excluding carboxylic acids is 1. The number of fused-ring (bicyclic) bond motifs is 1. The molecule has 1 N–H and O–H groups in total. The topological polar surface area (TPSA) is 85.2 Å². The summed E-state index contributed by atoms with van der Waals surface area (Å²) in [6, 6.07) is 4.60. The largest absolute Gasteiger partial charge is 0.465 e. The first-order valence-corrected chi connectivity index (χ1v) is 4.47. The van der Waals surface area contributed by atoms with Crippen LogP contribution >= 0.6 is 0 Å². The highest BCUT2D eigenvalue weighted by Gasteiger charge is 2.15. The molecule has 0 spiro atoms. The molecule has 0 saturated carbocycles. The number of benzene rings is 1. The van der Waals surface area contributed by atoms with Gasteiger partial charge in [0.15, 0.2) is 0 Å². The summed E-state index contributed by atoms with van der Waals surface area (Å²) < 4.78 is 4.54. The van der Waals surface area contributed by atoms with Crippen LogP contribution in [0.4, 0.5) is 5.69 Å². The van der Waals surface area contributed by atoms with Crippen molar-refractivity contribution in [1.82, 2.24) is 4.98 Å². The first-order chi connectivity index (χ1) is 7.63. The molecule has 1 aromatic carbocycles. The Balaban J connectivity index is 2.63. The van der Waals surface area contributed by atoms with Gasteiger partial charge < -0.3 is 9.72 Å². The fraction of sp³-hybridized carbons (Fsp3) is 0.100. The van der Waals surface area contributed by atoms with Gasteiger partial charge in [-0.05, 0) is 18.2 Å². The molecule has 0 amide bonds. The quantitative estimate of drug-likeness (QED) is 0.475. The molecule has 0 unspecified atom stereocenters. The van der Waals surface area contributed by atoms with Crippen molar-refractivity contribution < 1.29 is 14.5 Å². The average Bonchev–Trinajstić information content (AvgIpc) is 2.70. The molecule has 0 aliphatic rings. The molecule has 0 atom stereocenters. The highest BCUT2D eigenvalue weighted by molar-refractivity contribution is 5.97. The normalized spacial score (nSPS) is 10.3. The minimum absolute atomic E-state index is 0.0549. The van der Waals surface area contributed by atoms with E-state index in [1.165, 1.54) is 19.4 Å². The Kier molecular flexibility index (Phi) is 2.32. The molecular weight excluding hydrogens is 212 g/mol. The molecule has 6 heteroatoms. The lowest BCUT2D eigenvalue weighted by molar-refractivity contribution is -0.383. The highest BCUT2D eigenvalue weighted by Crippen LogP contribution is 2.26. The van der Waals surface area contributed by atoms with Crippen molar-refractivity contribution in [2.75, 3.05) is 7.11 Å². The Morgan fingerprint density at radius 3 is 2.88 bits per heavy atom. The second-order valence-electron chi connectivity index (χ2n) is 3.18. The maximum atomic E-state index is 11.3. The monoisotopic (exact) mass is 220 g/mol. The van der Waals surface area contributed by atoms with E-state index in [4.69, 9.17) is 0 Å². The fourth-order valence-corrected chi connectivity index (χ4v) is 1.50. The lowest BCUT2D eigenvalue weighted by atomic mass is 10.1. The van der Waals surface area contributed by atoms with Crippen LogP contribution in [-0.4, -0.2) is 23.0 Å². The molecule has 2 rings (SSSR count). The number of nitro groups is 1. The van der Waals surface area contributed by atoms with Gasteiger partial charge in [0.05, 0.1) is 34.7 Å². The molecule has 1 heterocycles. The van der Waals surface area contributed by atoms with E-state index in [1.54, 1.807) is 12.1 Å². The van der Waals surface area contributed by atoms with E-state index in [-0.39, 0.29) is 11.3 Å². The summed E-state index contributed by atoms with van der Waals surface area (Å²) in [5, 5.41) is 11.1. The first kappa shape index (κ1) is 10.2.